The minimum Gasteiger partial charge on any atom is -0.360 e. The van der Waals surface area contributed by atoms with Crippen molar-refractivity contribution in [3.63, 3.8) is 0 Å². The van der Waals surface area contributed by atoms with Crippen molar-refractivity contribution in [2.24, 2.45) is 4.99 Å². The molecule has 30 heavy (non-hydrogen) atoms. The third kappa shape index (κ3) is 6.60. The fourth-order valence-electron chi connectivity index (χ4n) is 3.29. The van der Waals surface area contributed by atoms with Gasteiger partial charge >= 0.3 is 0 Å². The number of hydrogen-bond acceptors (Lipinski definition) is 4. The topological polar surface area (TPSA) is 60.0 Å². The van der Waals surface area contributed by atoms with Crippen LogP contribution in [0, 0.1) is 0 Å². The van der Waals surface area contributed by atoms with Gasteiger partial charge in [-0.25, -0.2) is 0 Å². The van der Waals surface area contributed by atoms with Gasteiger partial charge in [-0.2, -0.15) is 0 Å². The molecular weight excluding hydrogens is 509 g/mol. The van der Waals surface area contributed by atoms with Gasteiger partial charge in [0.15, 0.2) is 5.96 Å². The van der Waals surface area contributed by atoms with Crippen molar-refractivity contribution >= 4 is 52.2 Å². The Hall–Kier alpha value is -1.81. The molecule has 2 N–H and O–H groups in total. The van der Waals surface area contributed by atoms with Crippen LogP contribution >= 0.6 is 35.3 Å². The summed E-state index contributed by atoms with van der Waals surface area (Å²) in [5, 5.41) is 9.92. The number of rotatable bonds is 6. The molecule has 1 atom stereocenters. The third-order valence-electron chi connectivity index (χ3n) is 5.27. The molecule has 1 aliphatic heterocycles. The molecule has 1 saturated heterocycles. The van der Waals surface area contributed by atoms with Gasteiger partial charge in [-0.1, -0.05) is 19.1 Å². The van der Waals surface area contributed by atoms with E-state index in [4.69, 9.17) is 0 Å². The summed E-state index contributed by atoms with van der Waals surface area (Å²) in [5.74, 6) is 0.910. The fraction of sp³-hybridized carbons (Fsp3) is 0.455. The van der Waals surface area contributed by atoms with Gasteiger partial charge in [0, 0.05) is 51.4 Å². The number of carbonyl (C=O) groups is 1. The van der Waals surface area contributed by atoms with Crippen molar-refractivity contribution in [3.05, 3.63) is 52.9 Å². The van der Waals surface area contributed by atoms with Crippen LogP contribution in [0.1, 0.15) is 36.2 Å². The van der Waals surface area contributed by atoms with Crippen LogP contribution < -0.4 is 15.5 Å². The number of thiophene rings is 1. The lowest BCUT2D eigenvalue weighted by Gasteiger charge is -2.37. The molecule has 3 rings (SSSR count). The maximum atomic E-state index is 12.2. The number of nitrogens with one attached hydrogen (secondary N) is 2. The minimum absolute atomic E-state index is 0. The lowest BCUT2D eigenvalue weighted by Crippen LogP contribution is -2.52. The highest BCUT2D eigenvalue weighted by Gasteiger charge is 2.20. The van der Waals surface area contributed by atoms with Gasteiger partial charge in [-0.3, -0.25) is 9.79 Å². The molecule has 1 fully saturated rings. The Labute approximate surface area is 200 Å². The Balaban J connectivity index is 0.00000320. The first-order valence-electron chi connectivity index (χ1n) is 10.2. The quantitative estimate of drug-likeness (QED) is 0.332. The molecule has 2 aromatic rings. The molecule has 2 heterocycles. The molecule has 1 aliphatic rings. The molecule has 1 amide bonds. The van der Waals surface area contributed by atoms with Crippen LogP contribution in [-0.2, 0) is 6.54 Å². The molecule has 0 saturated carbocycles. The Bertz CT molecular complexity index is 801. The molecule has 164 valence electrons. The molecule has 1 unspecified atom stereocenters. The summed E-state index contributed by atoms with van der Waals surface area (Å²) in [7, 11) is 1.83. The van der Waals surface area contributed by atoms with Gasteiger partial charge in [0.2, 0.25) is 0 Å². The van der Waals surface area contributed by atoms with Gasteiger partial charge in [0.1, 0.15) is 0 Å². The fourth-order valence-corrected chi connectivity index (χ4v) is 4.07. The Kier molecular flexibility index (Phi) is 9.90. The first-order valence-corrected chi connectivity index (χ1v) is 11.1. The molecular formula is C22H32IN5OS. The second kappa shape index (κ2) is 12.1. The van der Waals surface area contributed by atoms with Crippen LogP contribution in [0.3, 0.4) is 0 Å². The van der Waals surface area contributed by atoms with Crippen molar-refractivity contribution < 1.29 is 4.79 Å². The summed E-state index contributed by atoms with van der Waals surface area (Å²) in [6, 6.07) is 12.2. The smallest absolute Gasteiger partial charge is 0.251 e. The number of halogens is 1. The zero-order chi connectivity index (χ0) is 20.6. The summed E-state index contributed by atoms with van der Waals surface area (Å²) < 4.78 is 0. The van der Waals surface area contributed by atoms with E-state index in [1.807, 2.05) is 38.2 Å². The normalized spacial score (nSPS) is 15.4. The number of amides is 1. The van der Waals surface area contributed by atoms with E-state index in [1.54, 1.807) is 11.3 Å². The summed E-state index contributed by atoms with van der Waals surface area (Å²) in [4.78, 5) is 21.4. The molecule has 0 aliphatic carbocycles. The maximum Gasteiger partial charge on any atom is 0.251 e. The second-order valence-corrected chi connectivity index (χ2v) is 8.23. The minimum atomic E-state index is -0.0155. The summed E-state index contributed by atoms with van der Waals surface area (Å²) in [6.45, 7) is 8.67. The van der Waals surface area contributed by atoms with Gasteiger partial charge in [-0.15, -0.1) is 35.3 Å². The van der Waals surface area contributed by atoms with E-state index in [2.05, 4.69) is 49.9 Å². The number of guanidine groups is 1. The van der Waals surface area contributed by atoms with Gasteiger partial charge in [0.25, 0.3) is 5.91 Å². The van der Waals surface area contributed by atoms with E-state index in [0.717, 1.165) is 44.1 Å². The van der Waals surface area contributed by atoms with Crippen LogP contribution in [0.5, 0.6) is 0 Å². The monoisotopic (exact) mass is 541 g/mol. The van der Waals surface area contributed by atoms with Crippen molar-refractivity contribution in [2.45, 2.75) is 32.9 Å². The van der Waals surface area contributed by atoms with E-state index in [1.165, 1.54) is 5.00 Å². The van der Waals surface area contributed by atoms with Crippen molar-refractivity contribution in [1.82, 2.24) is 15.5 Å². The van der Waals surface area contributed by atoms with Gasteiger partial charge in [0.05, 0.1) is 5.00 Å². The highest BCUT2D eigenvalue weighted by atomic mass is 127. The van der Waals surface area contributed by atoms with Crippen LogP contribution in [-0.4, -0.2) is 56.0 Å². The van der Waals surface area contributed by atoms with E-state index in [0.29, 0.717) is 12.1 Å². The van der Waals surface area contributed by atoms with E-state index >= 15 is 0 Å². The number of hydrogen-bond donors (Lipinski definition) is 2. The van der Waals surface area contributed by atoms with Gasteiger partial charge in [-0.05, 0) is 48.6 Å². The number of nitrogens with zero attached hydrogens (tertiary/aromatic N) is 3. The Morgan fingerprint density at radius 1 is 1.17 bits per heavy atom. The number of benzene rings is 1. The van der Waals surface area contributed by atoms with Crippen LogP contribution in [0.25, 0.3) is 0 Å². The lowest BCUT2D eigenvalue weighted by molar-refractivity contribution is 0.0939. The zero-order valence-electron chi connectivity index (χ0n) is 17.9. The van der Waals surface area contributed by atoms with Gasteiger partial charge < -0.3 is 20.4 Å². The lowest BCUT2D eigenvalue weighted by atomic mass is 10.1. The third-order valence-corrected chi connectivity index (χ3v) is 6.19. The molecule has 6 nitrogen and oxygen atoms in total. The highest BCUT2D eigenvalue weighted by molar-refractivity contribution is 14.0. The molecule has 0 radical (unpaired) electrons. The number of piperazine rings is 1. The SMILES string of the molecule is CCC(C)NC(=O)c1ccc(CNC(=NC)N2CCN(c3cccs3)CC2)cc1.I. The summed E-state index contributed by atoms with van der Waals surface area (Å²) in [5.41, 5.74) is 1.83. The summed E-state index contributed by atoms with van der Waals surface area (Å²) >= 11 is 1.79. The number of carbonyl (C=O) groups excluding carboxylic acids is 1. The Morgan fingerprint density at radius 2 is 1.87 bits per heavy atom. The molecule has 0 spiro atoms. The van der Waals surface area contributed by atoms with Crippen molar-refractivity contribution in [3.8, 4) is 0 Å². The van der Waals surface area contributed by atoms with Crippen molar-refractivity contribution in [2.75, 3.05) is 38.1 Å². The van der Waals surface area contributed by atoms with Crippen LogP contribution in [0.2, 0.25) is 0 Å². The molecule has 0 bridgehead atoms. The molecule has 8 heteroatoms. The molecule has 1 aromatic heterocycles. The average molecular weight is 542 g/mol. The number of aliphatic imine (C=N–C) groups is 1. The maximum absolute atomic E-state index is 12.2. The zero-order valence-corrected chi connectivity index (χ0v) is 21.1. The largest absolute Gasteiger partial charge is 0.360 e. The Morgan fingerprint density at radius 3 is 2.43 bits per heavy atom. The second-order valence-electron chi connectivity index (χ2n) is 7.31. The van der Waals surface area contributed by atoms with E-state index in [9.17, 15) is 4.79 Å². The highest BCUT2D eigenvalue weighted by Crippen LogP contribution is 2.22. The molecule has 1 aromatic carbocycles. The predicted molar refractivity (Wildman–Crippen MR) is 137 cm³/mol. The van der Waals surface area contributed by atoms with E-state index in [-0.39, 0.29) is 35.9 Å². The number of anilines is 1. The van der Waals surface area contributed by atoms with E-state index < -0.39 is 0 Å². The first kappa shape index (κ1) is 24.5. The standard InChI is InChI=1S/C22H31N5OS.HI/c1-4-17(2)25-21(28)19-9-7-18(8-10-19)16-24-22(23-3)27-13-11-26(12-14-27)20-6-5-15-29-20;/h5-10,15,17H,4,11-14,16H2,1-3H3,(H,23,24)(H,25,28);1H. The van der Waals surface area contributed by atoms with Crippen LogP contribution in [0.15, 0.2) is 46.8 Å². The summed E-state index contributed by atoms with van der Waals surface area (Å²) in [6.07, 6.45) is 0.925. The predicted octanol–water partition coefficient (Wildman–Crippen LogP) is 3.79. The first-order chi connectivity index (χ1) is 14.1. The van der Waals surface area contributed by atoms with Crippen LogP contribution in [0.4, 0.5) is 5.00 Å². The average Bonchev–Trinajstić information content (AvgIpc) is 3.30. The van der Waals surface area contributed by atoms with Crippen molar-refractivity contribution in [1.29, 1.82) is 0 Å².